The lowest BCUT2D eigenvalue weighted by molar-refractivity contribution is -0.115. The van der Waals surface area contributed by atoms with Crippen LogP contribution < -0.4 is 15.4 Å². The van der Waals surface area contributed by atoms with Gasteiger partial charge in [-0.25, -0.2) is 0 Å². The quantitative estimate of drug-likeness (QED) is 0.715. The van der Waals surface area contributed by atoms with Crippen molar-refractivity contribution < 1.29 is 14.3 Å². The van der Waals surface area contributed by atoms with Crippen molar-refractivity contribution in [1.29, 1.82) is 0 Å². The van der Waals surface area contributed by atoms with Crippen molar-refractivity contribution in [3.63, 3.8) is 0 Å². The van der Waals surface area contributed by atoms with Gasteiger partial charge < -0.3 is 10.1 Å². The molecule has 0 spiro atoms. The van der Waals surface area contributed by atoms with Gasteiger partial charge in [0.2, 0.25) is 11.0 Å². The number of anilines is 1. The summed E-state index contributed by atoms with van der Waals surface area (Å²) in [6, 6.07) is 6.75. The van der Waals surface area contributed by atoms with Crippen LogP contribution in [0.15, 0.2) is 24.3 Å². The number of amides is 2. The van der Waals surface area contributed by atoms with E-state index in [0.717, 1.165) is 24.3 Å². The molecule has 0 unspecified atom stereocenters. The van der Waals surface area contributed by atoms with E-state index in [1.807, 2.05) is 6.92 Å². The monoisotopic (exact) mass is 362 g/mol. The van der Waals surface area contributed by atoms with Gasteiger partial charge in [-0.05, 0) is 37.6 Å². The predicted octanol–water partition coefficient (Wildman–Crippen LogP) is 2.65. The lowest BCUT2D eigenvalue weighted by atomic mass is 10.2. The van der Waals surface area contributed by atoms with Gasteiger partial charge in [0, 0.05) is 12.0 Å². The van der Waals surface area contributed by atoms with E-state index >= 15 is 0 Å². The maximum Gasteiger partial charge on any atom is 0.251 e. The zero-order chi connectivity index (χ0) is 18.1. The zero-order valence-corrected chi connectivity index (χ0v) is 15.2. The second-order valence-electron chi connectivity index (χ2n) is 5.29. The Morgan fingerprint density at radius 3 is 2.60 bits per heavy atom. The van der Waals surface area contributed by atoms with Crippen molar-refractivity contribution in [3.05, 3.63) is 34.8 Å². The number of hydrogen-bond acceptors (Lipinski definition) is 6. The minimum Gasteiger partial charge on any atom is -0.494 e. The van der Waals surface area contributed by atoms with Gasteiger partial charge in [0.15, 0.2) is 0 Å². The summed E-state index contributed by atoms with van der Waals surface area (Å²) >= 11 is 1.36. The first-order valence-electron chi connectivity index (χ1n) is 8.25. The lowest BCUT2D eigenvalue weighted by Gasteiger charge is -2.06. The molecule has 0 saturated carbocycles. The molecule has 134 valence electrons. The molecule has 1 heterocycles. The van der Waals surface area contributed by atoms with Crippen molar-refractivity contribution in [2.75, 3.05) is 18.5 Å². The third-order valence-corrected chi connectivity index (χ3v) is 4.19. The SMILES string of the molecule is CCCCc1nnc(NC(=O)CNC(=O)c2ccc(OCC)cc2)s1. The summed E-state index contributed by atoms with van der Waals surface area (Å²) in [5, 5.41) is 14.5. The Bertz CT molecular complexity index is 700. The van der Waals surface area contributed by atoms with Gasteiger partial charge in [-0.3, -0.25) is 14.9 Å². The van der Waals surface area contributed by atoms with Gasteiger partial charge in [0.1, 0.15) is 10.8 Å². The Morgan fingerprint density at radius 2 is 1.92 bits per heavy atom. The first kappa shape index (κ1) is 18.9. The molecule has 0 saturated heterocycles. The fourth-order valence-electron chi connectivity index (χ4n) is 2.03. The van der Waals surface area contributed by atoms with Crippen molar-refractivity contribution in [2.24, 2.45) is 0 Å². The van der Waals surface area contributed by atoms with E-state index in [1.54, 1.807) is 24.3 Å². The van der Waals surface area contributed by atoms with Gasteiger partial charge in [-0.2, -0.15) is 0 Å². The van der Waals surface area contributed by atoms with Crippen LogP contribution in [0, 0.1) is 0 Å². The Balaban J connectivity index is 1.78. The highest BCUT2D eigenvalue weighted by atomic mass is 32.1. The van der Waals surface area contributed by atoms with Gasteiger partial charge in [0.25, 0.3) is 5.91 Å². The van der Waals surface area contributed by atoms with Gasteiger partial charge in [0.05, 0.1) is 13.2 Å². The highest BCUT2D eigenvalue weighted by molar-refractivity contribution is 7.15. The third-order valence-electron chi connectivity index (χ3n) is 3.29. The summed E-state index contributed by atoms with van der Waals surface area (Å²) in [6.45, 7) is 4.44. The second kappa shape index (κ2) is 9.73. The fraction of sp³-hybridized carbons (Fsp3) is 0.412. The van der Waals surface area contributed by atoms with E-state index in [2.05, 4.69) is 27.8 Å². The summed E-state index contributed by atoms with van der Waals surface area (Å²) in [4.78, 5) is 23.9. The van der Waals surface area contributed by atoms with E-state index in [1.165, 1.54) is 11.3 Å². The summed E-state index contributed by atoms with van der Waals surface area (Å²) in [6.07, 6.45) is 2.98. The molecule has 0 fully saturated rings. The standard InChI is InChI=1S/C17H22N4O3S/c1-3-5-6-15-20-21-17(25-15)19-14(22)11-18-16(23)12-7-9-13(10-8-12)24-4-2/h7-10H,3-6,11H2,1-2H3,(H,18,23)(H,19,21,22). The molecule has 1 aromatic heterocycles. The van der Waals surface area contributed by atoms with Crippen LogP contribution in [0.25, 0.3) is 0 Å². The second-order valence-corrected chi connectivity index (χ2v) is 6.35. The minimum atomic E-state index is -0.336. The molecule has 0 aliphatic heterocycles. The minimum absolute atomic E-state index is 0.129. The van der Waals surface area contributed by atoms with Crippen LogP contribution in [0.5, 0.6) is 5.75 Å². The van der Waals surface area contributed by atoms with Crippen LogP contribution in [0.1, 0.15) is 42.1 Å². The third kappa shape index (κ3) is 6.15. The Labute approximate surface area is 150 Å². The van der Waals surface area contributed by atoms with Crippen molar-refractivity contribution in [1.82, 2.24) is 15.5 Å². The van der Waals surface area contributed by atoms with E-state index in [0.29, 0.717) is 23.1 Å². The number of carbonyl (C=O) groups excluding carboxylic acids is 2. The highest BCUT2D eigenvalue weighted by Crippen LogP contribution is 2.17. The number of nitrogens with one attached hydrogen (secondary N) is 2. The van der Waals surface area contributed by atoms with E-state index in [-0.39, 0.29) is 18.4 Å². The van der Waals surface area contributed by atoms with Crippen LogP contribution >= 0.6 is 11.3 Å². The molecule has 2 N–H and O–H groups in total. The normalized spacial score (nSPS) is 10.3. The first-order valence-corrected chi connectivity index (χ1v) is 9.07. The molecule has 0 radical (unpaired) electrons. The van der Waals surface area contributed by atoms with Gasteiger partial charge >= 0.3 is 0 Å². The van der Waals surface area contributed by atoms with E-state index < -0.39 is 0 Å². The Hall–Kier alpha value is -2.48. The molecule has 7 nitrogen and oxygen atoms in total. The van der Waals surface area contributed by atoms with Crippen molar-refractivity contribution >= 4 is 28.3 Å². The molecule has 0 atom stereocenters. The van der Waals surface area contributed by atoms with Gasteiger partial charge in [-0.15, -0.1) is 10.2 Å². The Morgan fingerprint density at radius 1 is 1.16 bits per heavy atom. The largest absolute Gasteiger partial charge is 0.494 e. The molecule has 8 heteroatoms. The zero-order valence-electron chi connectivity index (χ0n) is 14.4. The molecule has 25 heavy (non-hydrogen) atoms. The summed E-state index contributed by atoms with van der Waals surface area (Å²) in [5.74, 6) is 0.0449. The fourth-order valence-corrected chi connectivity index (χ4v) is 2.83. The predicted molar refractivity (Wildman–Crippen MR) is 97.1 cm³/mol. The summed E-state index contributed by atoms with van der Waals surface area (Å²) in [7, 11) is 0. The van der Waals surface area contributed by atoms with Crippen LogP contribution in [0.3, 0.4) is 0 Å². The molecule has 2 amide bonds. The average molecular weight is 362 g/mol. The molecular weight excluding hydrogens is 340 g/mol. The summed E-state index contributed by atoms with van der Waals surface area (Å²) in [5.41, 5.74) is 0.467. The maximum absolute atomic E-state index is 12.0. The number of nitrogens with zero attached hydrogens (tertiary/aromatic N) is 2. The van der Waals surface area contributed by atoms with Gasteiger partial charge in [-0.1, -0.05) is 24.7 Å². The first-order chi connectivity index (χ1) is 12.1. The van der Waals surface area contributed by atoms with Crippen molar-refractivity contribution in [3.8, 4) is 5.75 Å². The molecule has 0 aliphatic rings. The highest BCUT2D eigenvalue weighted by Gasteiger charge is 2.11. The number of hydrogen-bond donors (Lipinski definition) is 2. The van der Waals surface area contributed by atoms with E-state index in [4.69, 9.17) is 4.74 Å². The number of unbranched alkanes of at least 4 members (excludes halogenated alkanes) is 1. The number of carbonyl (C=O) groups is 2. The summed E-state index contributed by atoms with van der Waals surface area (Å²) < 4.78 is 5.32. The number of aryl methyl sites for hydroxylation is 1. The molecule has 2 rings (SSSR count). The number of rotatable bonds is 9. The number of aromatic nitrogens is 2. The number of benzene rings is 1. The molecular formula is C17H22N4O3S. The van der Waals surface area contributed by atoms with Crippen LogP contribution in [0.4, 0.5) is 5.13 Å². The average Bonchev–Trinajstić information content (AvgIpc) is 3.06. The van der Waals surface area contributed by atoms with Crippen molar-refractivity contribution in [2.45, 2.75) is 33.1 Å². The van der Waals surface area contributed by atoms with E-state index in [9.17, 15) is 9.59 Å². The lowest BCUT2D eigenvalue weighted by Crippen LogP contribution is -2.32. The molecule has 1 aromatic carbocycles. The van der Waals surface area contributed by atoms with Crippen LogP contribution in [-0.4, -0.2) is 35.2 Å². The number of ether oxygens (including phenoxy) is 1. The molecule has 2 aromatic rings. The molecule has 0 bridgehead atoms. The maximum atomic E-state index is 12.0. The smallest absolute Gasteiger partial charge is 0.251 e. The Kier molecular flexibility index (Phi) is 7.34. The van der Waals surface area contributed by atoms with Crippen LogP contribution in [0.2, 0.25) is 0 Å². The van der Waals surface area contributed by atoms with Crippen LogP contribution in [-0.2, 0) is 11.2 Å². The molecule has 0 aliphatic carbocycles. The topological polar surface area (TPSA) is 93.2 Å².